The number of carbonyl (C=O) groups excluding carboxylic acids is 1. The van der Waals surface area contributed by atoms with Gasteiger partial charge in [-0.05, 0) is 13.8 Å². The van der Waals surface area contributed by atoms with Crippen molar-refractivity contribution in [3.8, 4) is 0 Å². The molecule has 0 saturated carbocycles. The summed E-state index contributed by atoms with van der Waals surface area (Å²) in [6.07, 6.45) is 0.367. The van der Waals surface area contributed by atoms with Gasteiger partial charge in [-0.25, -0.2) is 0 Å². The van der Waals surface area contributed by atoms with Crippen molar-refractivity contribution in [1.82, 2.24) is 0 Å². The summed E-state index contributed by atoms with van der Waals surface area (Å²) in [7, 11) is 0. The number of rotatable bonds is 3. The Morgan fingerprint density at radius 1 is 1.56 bits per heavy atom. The van der Waals surface area contributed by atoms with E-state index >= 15 is 0 Å². The maximum Gasteiger partial charge on any atom is 0.131 e. The zero-order valence-corrected chi connectivity index (χ0v) is 7.04. The highest BCUT2D eigenvalue weighted by Gasteiger charge is 2.12. The summed E-state index contributed by atoms with van der Waals surface area (Å²) in [5.41, 5.74) is 0. The normalized spacial score (nSPS) is 16.9. The van der Waals surface area contributed by atoms with Crippen molar-refractivity contribution in [3.05, 3.63) is 0 Å². The number of hydrogen-bond donors (Lipinski definition) is 0. The minimum Gasteiger partial charge on any atom is -0.300 e. The van der Waals surface area contributed by atoms with Gasteiger partial charge in [0.1, 0.15) is 5.78 Å². The molecule has 0 fully saturated rings. The first-order chi connectivity index (χ1) is 4.04. The topological polar surface area (TPSA) is 17.1 Å². The summed E-state index contributed by atoms with van der Waals surface area (Å²) >= 11 is 11.2. The minimum absolute atomic E-state index is 0.0856. The van der Waals surface area contributed by atoms with Crippen molar-refractivity contribution >= 4 is 29.0 Å². The van der Waals surface area contributed by atoms with Crippen molar-refractivity contribution in [2.24, 2.45) is 0 Å². The highest BCUT2D eigenvalue weighted by atomic mass is 35.5. The molecule has 0 aliphatic rings. The molecule has 0 N–H and O–H groups in total. The number of ketones is 1. The third-order valence-corrected chi connectivity index (χ3v) is 1.95. The summed E-state index contributed by atoms with van der Waals surface area (Å²) in [5.74, 6) is 0.0856. The second-order valence-electron chi connectivity index (χ2n) is 2.10. The molecule has 0 heterocycles. The monoisotopic (exact) mass is 168 g/mol. The van der Waals surface area contributed by atoms with Crippen LogP contribution in [0, 0.1) is 0 Å². The largest absolute Gasteiger partial charge is 0.300 e. The Kier molecular flexibility index (Phi) is 4.24. The lowest BCUT2D eigenvalue weighted by Crippen LogP contribution is -2.14. The summed E-state index contributed by atoms with van der Waals surface area (Å²) in [4.78, 5) is 10.4. The van der Waals surface area contributed by atoms with E-state index in [4.69, 9.17) is 23.2 Å². The Hall–Kier alpha value is 0.250. The van der Waals surface area contributed by atoms with Crippen molar-refractivity contribution in [2.75, 3.05) is 0 Å². The first-order valence-corrected chi connectivity index (χ1v) is 3.69. The van der Waals surface area contributed by atoms with Gasteiger partial charge in [-0.1, -0.05) is 0 Å². The molecular weight excluding hydrogens is 159 g/mol. The van der Waals surface area contributed by atoms with Crippen LogP contribution in [-0.4, -0.2) is 16.5 Å². The van der Waals surface area contributed by atoms with Crippen molar-refractivity contribution in [1.29, 1.82) is 0 Å². The van der Waals surface area contributed by atoms with E-state index in [0.717, 1.165) is 0 Å². The molecule has 0 aromatic heterocycles. The molecule has 0 rings (SSSR count). The van der Waals surface area contributed by atoms with Gasteiger partial charge in [0.05, 0.1) is 5.38 Å². The molecule has 2 atom stereocenters. The Bertz CT molecular complexity index is 101. The van der Waals surface area contributed by atoms with E-state index in [1.54, 1.807) is 6.92 Å². The van der Waals surface area contributed by atoms with Crippen LogP contribution in [0.3, 0.4) is 0 Å². The lowest BCUT2D eigenvalue weighted by Gasteiger charge is -2.07. The Morgan fingerprint density at radius 2 is 2.00 bits per heavy atom. The molecule has 0 spiro atoms. The smallest absolute Gasteiger partial charge is 0.131 e. The molecule has 9 heavy (non-hydrogen) atoms. The zero-order chi connectivity index (χ0) is 7.44. The van der Waals surface area contributed by atoms with Gasteiger partial charge in [0.2, 0.25) is 0 Å². The van der Waals surface area contributed by atoms with Crippen LogP contribution in [0.15, 0.2) is 0 Å². The van der Waals surface area contributed by atoms with Crippen LogP contribution in [0.2, 0.25) is 0 Å². The molecule has 0 radical (unpaired) electrons. The quantitative estimate of drug-likeness (QED) is 0.592. The second-order valence-corrected chi connectivity index (χ2v) is 3.35. The van der Waals surface area contributed by atoms with E-state index in [9.17, 15) is 4.79 Å². The van der Waals surface area contributed by atoms with Gasteiger partial charge in [0.15, 0.2) is 0 Å². The molecule has 0 saturated heterocycles. The van der Waals surface area contributed by atoms with Crippen molar-refractivity contribution < 1.29 is 4.79 Å². The molecule has 0 aliphatic heterocycles. The van der Waals surface area contributed by atoms with E-state index in [1.165, 1.54) is 6.92 Å². The van der Waals surface area contributed by atoms with Crippen LogP contribution < -0.4 is 0 Å². The highest BCUT2D eigenvalue weighted by Crippen LogP contribution is 2.12. The molecule has 54 valence electrons. The predicted octanol–water partition coefficient (Wildman–Crippen LogP) is 2.20. The zero-order valence-electron chi connectivity index (χ0n) is 5.53. The van der Waals surface area contributed by atoms with E-state index in [-0.39, 0.29) is 16.5 Å². The van der Waals surface area contributed by atoms with Gasteiger partial charge in [-0.3, -0.25) is 4.79 Å². The van der Waals surface area contributed by atoms with Gasteiger partial charge in [-0.15, -0.1) is 23.2 Å². The third-order valence-electron chi connectivity index (χ3n) is 0.981. The summed E-state index contributed by atoms with van der Waals surface area (Å²) < 4.78 is 0. The molecule has 0 amide bonds. The van der Waals surface area contributed by atoms with Gasteiger partial charge in [0.25, 0.3) is 0 Å². The fraction of sp³-hybridized carbons (Fsp3) is 0.833. The first-order valence-electron chi connectivity index (χ1n) is 2.81. The summed E-state index contributed by atoms with van der Waals surface area (Å²) in [5, 5.41) is -0.347. The number of alkyl halides is 2. The van der Waals surface area contributed by atoms with Crippen molar-refractivity contribution in [2.45, 2.75) is 31.0 Å². The van der Waals surface area contributed by atoms with Crippen LogP contribution in [0.25, 0.3) is 0 Å². The van der Waals surface area contributed by atoms with E-state index < -0.39 is 0 Å². The van der Waals surface area contributed by atoms with Crippen LogP contribution in [0.5, 0.6) is 0 Å². The Balaban J connectivity index is 3.50. The molecular formula is C6H10Cl2O. The van der Waals surface area contributed by atoms with Gasteiger partial charge < -0.3 is 0 Å². The van der Waals surface area contributed by atoms with Crippen LogP contribution in [0.4, 0.5) is 0 Å². The number of carbonyl (C=O) groups is 1. The number of Topliss-reactive ketones (excluding diaryl/α,β-unsaturated/α-hetero) is 1. The molecule has 3 heteroatoms. The molecule has 1 unspecified atom stereocenters. The van der Waals surface area contributed by atoms with Crippen LogP contribution in [-0.2, 0) is 4.79 Å². The van der Waals surface area contributed by atoms with Gasteiger partial charge in [0, 0.05) is 11.8 Å². The molecule has 0 bridgehead atoms. The maximum atomic E-state index is 10.4. The standard InChI is InChI=1S/C6H10Cl2O/c1-4(9)3-6(8)5(2)7/h5-6H,3H2,1-2H3/t5?,6-/m0/s1. The summed E-state index contributed by atoms with van der Waals surface area (Å²) in [6, 6.07) is 0. The maximum absolute atomic E-state index is 10.4. The molecule has 0 aromatic rings. The van der Waals surface area contributed by atoms with Crippen LogP contribution in [0.1, 0.15) is 20.3 Å². The van der Waals surface area contributed by atoms with Crippen molar-refractivity contribution in [3.63, 3.8) is 0 Å². The number of halogens is 2. The molecule has 0 aromatic carbocycles. The second kappa shape index (κ2) is 4.13. The van der Waals surface area contributed by atoms with E-state index in [1.807, 2.05) is 0 Å². The Morgan fingerprint density at radius 3 is 2.11 bits per heavy atom. The number of hydrogen-bond acceptors (Lipinski definition) is 1. The average Bonchev–Trinajstić information content (AvgIpc) is 1.63. The molecule has 1 nitrogen and oxygen atoms in total. The fourth-order valence-corrected chi connectivity index (χ4v) is 0.743. The first kappa shape index (κ1) is 9.25. The lowest BCUT2D eigenvalue weighted by molar-refractivity contribution is -0.117. The van der Waals surface area contributed by atoms with Crippen LogP contribution >= 0.6 is 23.2 Å². The van der Waals surface area contributed by atoms with E-state index in [0.29, 0.717) is 6.42 Å². The average molecular weight is 169 g/mol. The lowest BCUT2D eigenvalue weighted by atomic mass is 10.2. The fourth-order valence-electron chi connectivity index (χ4n) is 0.437. The highest BCUT2D eigenvalue weighted by molar-refractivity contribution is 6.30. The van der Waals surface area contributed by atoms with Gasteiger partial charge >= 0.3 is 0 Å². The Labute approximate surface area is 65.3 Å². The third kappa shape index (κ3) is 4.73. The summed E-state index contributed by atoms with van der Waals surface area (Å²) in [6.45, 7) is 3.29. The minimum atomic E-state index is -0.218. The molecule has 0 aliphatic carbocycles. The van der Waals surface area contributed by atoms with E-state index in [2.05, 4.69) is 0 Å². The SMILES string of the molecule is CC(=O)C[C@H](Cl)C(C)Cl. The van der Waals surface area contributed by atoms with Gasteiger partial charge in [-0.2, -0.15) is 0 Å². The predicted molar refractivity (Wildman–Crippen MR) is 40.3 cm³/mol.